The van der Waals surface area contributed by atoms with E-state index in [1.807, 2.05) is 71.6 Å². The molecule has 3 aromatic rings. The number of amides is 1. The summed E-state index contributed by atoms with van der Waals surface area (Å²) in [6.45, 7) is 3.07. The second kappa shape index (κ2) is 8.65. The monoisotopic (exact) mass is 390 g/mol. The van der Waals surface area contributed by atoms with Crippen LogP contribution in [0, 0.1) is 0 Å². The lowest BCUT2D eigenvalue weighted by Crippen LogP contribution is -2.52. The highest BCUT2D eigenvalue weighted by atomic mass is 16.5. The molecule has 0 radical (unpaired) electrons. The van der Waals surface area contributed by atoms with Crippen molar-refractivity contribution in [2.45, 2.75) is 6.61 Å². The van der Waals surface area contributed by atoms with E-state index in [4.69, 9.17) is 4.74 Å². The number of hydrogen-bond acceptors (Lipinski definition) is 4. The minimum Gasteiger partial charge on any atom is -0.489 e. The van der Waals surface area contributed by atoms with Gasteiger partial charge in [0.05, 0.1) is 13.1 Å². The average Bonchev–Trinajstić information content (AvgIpc) is 2.79. The molecule has 1 aliphatic heterocycles. The maximum Gasteiger partial charge on any atom is 0.316 e. The van der Waals surface area contributed by atoms with Gasteiger partial charge in [-0.2, -0.15) is 0 Å². The van der Waals surface area contributed by atoms with Crippen LogP contribution in [0.5, 0.6) is 5.75 Å². The minimum absolute atomic E-state index is 0.0178. The van der Waals surface area contributed by atoms with Crippen LogP contribution >= 0.6 is 0 Å². The Morgan fingerprint density at radius 1 is 0.897 bits per heavy atom. The maximum atomic E-state index is 12.8. The van der Waals surface area contributed by atoms with Crippen LogP contribution in [0.25, 0.3) is 0 Å². The van der Waals surface area contributed by atoms with Crippen molar-refractivity contribution >= 4 is 11.7 Å². The van der Waals surface area contributed by atoms with E-state index in [2.05, 4.69) is 4.90 Å². The standard InChI is InChI=1S/C23H24N3O3/c27-23(25-16-14-24(15-17-25)22-8-4-5-13-26(22)28)20-9-11-21(12-10-20)29-18-19-6-2-1-3-7-19/h1-13,28H,14-18H2/q+1. The molecule has 0 atom stereocenters. The molecule has 1 N–H and O–H groups in total. The Labute approximate surface area is 170 Å². The molecule has 0 aliphatic carbocycles. The number of nitrogens with zero attached hydrogens (tertiary/aromatic N) is 3. The molecule has 1 amide bonds. The van der Waals surface area contributed by atoms with E-state index >= 15 is 0 Å². The van der Waals surface area contributed by atoms with Crippen LogP contribution in [0.1, 0.15) is 15.9 Å². The summed E-state index contributed by atoms with van der Waals surface area (Å²) in [5.74, 6) is 1.50. The number of carbonyl (C=O) groups is 1. The summed E-state index contributed by atoms with van der Waals surface area (Å²) >= 11 is 0. The summed E-state index contributed by atoms with van der Waals surface area (Å²) in [7, 11) is 0. The van der Waals surface area contributed by atoms with Crippen LogP contribution in [-0.4, -0.2) is 42.2 Å². The first-order valence-electron chi connectivity index (χ1n) is 9.72. The van der Waals surface area contributed by atoms with Gasteiger partial charge in [0.1, 0.15) is 31.6 Å². The maximum absolute atomic E-state index is 12.8. The highest BCUT2D eigenvalue weighted by molar-refractivity contribution is 5.94. The Kier molecular flexibility index (Phi) is 5.61. The summed E-state index contributed by atoms with van der Waals surface area (Å²) in [6, 6.07) is 22.8. The molecular weight excluding hydrogens is 366 g/mol. The number of rotatable bonds is 5. The number of piperazine rings is 1. The number of aromatic nitrogens is 1. The molecule has 148 valence electrons. The molecular formula is C23H24N3O3+. The summed E-state index contributed by atoms with van der Waals surface area (Å²) < 4.78 is 6.91. The molecule has 6 heteroatoms. The zero-order valence-corrected chi connectivity index (χ0v) is 16.1. The third-order valence-electron chi connectivity index (χ3n) is 5.06. The number of benzene rings is 2. The molecule has 0 saturated carbocycles. The summed E-state index contributed by atoms with van der Waals surface area (Å²) in [6.07, 6.45) is 1.61. The van der Waals surface area contributed by atoms with Crippen molar-refractivity contribution in [3.8, 4) is 5.75 Å². The van der Waals surface area contributed by atoms with E-state index in [9.17, 15) is 10.0 Å². The van der Waals surface area contributed by atoms with E-state index in [1.54, 1.807) is 12.3 Å². The molecule has 6 nitrogen and oxygen atoms in total. The molecule has 29 heavy (non-hydrogen) atoms. The highest BCUT2D eigenvalue weighted by Crippen LogP contribution is 2.17. The Bertz CT molecular complexity index is 953. The molecule has 0 unspecified atom stereocenters. The molecule has 2 aromatic carbocycles. The first-order chi connectivity index (χ1) is 14.2. The molecule has 1 fully saturated rings. The fourth-order valence-corrected chi connectivity index (χ4v) is 3.43. The minimum atomic E-state index is 0.0178. The largest absolute Gasteiger partial charge is 0.489 e. The Morgan fingerprint density at radius 2 is 1.59 bits per heavy atom. The van der Waals surface area contributed by atoms with Crippen LogP contribution < -0.4 is 14.4 Å². The summed E-state index contributed by atoms with van der Waals surface area (Å²) in [5, 5.41) is 9.94. The predicted octanol–water partition coefficient (Wildman–Crippen LogP) is 2.75. The van der Waals surface area contributed by atoms with Crippen LogP contribution in [0.3, 0.4) is 0 Å². The van der Waals surface area contributed by atoms with Gasteiger partial charge in [-0.25, -0.2) is 0 Å². The number of ether oxygens (including phenoxy) is 1. The molecule has 4 rings (SSSR count). The topological polar surface area (TPSA) is 56.9 Å². The van der Waals surface area contributed by atoms with Gasteiger partial charge in [0.2, 0.25) is 0 Å². The lowest BCUT2D eigenvalue weighted by molar-refractivity contribution is -0.894. The van der Waals surface area contributed by atoms with E-state index < -0.39 is 0 Å². The van der Waals surface area contributed by atoms with Crippen molar-refractivity contribution < 1.29 is 19.5 Å². The van der Waals surface area contributed by atoms with Gasteiger partial charge in [0.25, 0.3) is 5.91 Å². The van der Waals surface area contributed by atoms with E-state index in [1.165, 1.54) is 0 Å². The Balaban J connectivity index is 1.32. The van der Waals surface area contributed by atoms with E-state index in [0.29, 0.717) is 38.3 Å². The van der Waals surface area contributed by atoms with Gasteiger partial charge in [0, 0.05) is 11.6 Å². The van der Waals surface area contributed by atoms with Crippen molar-refractivity contribution in [2.24, 2.45) is 0 Å². The predicted molar refractivity (Wildman–Crippen MR) is 109 cm³/mol. The van der Waals surface area contributed by atoms with E-state index in [0.717, 1.165) is 21.9 Å². The first-order valence-corrected chi connectivity index (χ1v) is 9.72. The third kappa shape index (κ3) is 4.48. The van der Waals surface area contributed by atoms with Crippen molar-refractivity contribution in [1.82, 2.24) is 4.90 Å². The van der Waals surface area contributed by atoms with Gasteiger partial charge in [0.15, 0.2) is 0 Å². The Hall–Kier alpha value is -3.54. The average molecular weight is 390 g/mol. The number of pyridine rings is 1. The summed E-state index contributed by atoms with van der Waals surface area (Å²) in [4.78, 5) is 16.7. The van der Waals surface area contributed by atoms with Crippen molar-refractivity contribution in [2.75, 3.05) is 31.1 Å². The smallest absolute Gasteiger partial charge is 0.316 e. The molecule has 0 spiro atoms. The quantitative estimate of drug-likeness (QED) is 0.538. The van der Waals surface area contributed by atoms with Crippen LogP contribution in [-0.2, 0) is 6.61 Å². The summed E-state index contributed by atoms with van der Waals surface area (Å²) in [5.41, 5.74) is 1.76. The van der Waals surface area contributed by atoms with Gasteiger partial charge in [-0.05, 0) is 35.9 Å². The van der Waals surface area contributed by atoms with Gasteiger partial charge in [-0.3, -0.25) is 9.69 Å². The van der Waals surface area contributed by atoms with Gasteiger partial charge in [-0.15, -0.1) is 0 Å². The SMILES string of the molecule is O=C(c1ccc(OCc2ccccc2)cc1)N1CCN(c2cccc[n+]2O)CC1. The number of anilines is 1. The van der Waals surface area contributed by atoms with Gasteiger partial charge >= 0.3 is 5.82 Å². The fraction of sp³-hybridized carbons (Fsp3) is 0.217. The molecule has 0 bridgehead atoms. The number of carbonyl (C=O) groups excluding carboxylic acids is 1. The zero-order valence-electron chi connectivity index (χ0n) is 16.1. The first kappa shape index (κ1) is 18.8. The van der Waals surface area contributed by atoms with E-state index in [-0.39, 0.29) is 5.91 Å². The lowest BCUT2D eigenvalue weighted by Gasteiger charge is -2.31. The van der Waals surface area contributed by atoms with Crippen molar-refractivity contribution in [3.63, 3.8) is 0 Å². The van der Waals surface area contributed by atoms with Gasteiger partial charge < -0.3 is 14.8 Å². The van der Waals surface area contributed by atoms with Crippen LogP contribution in [0.2, 0.25) is 0 Å². The molecule has 1 aromatic heterocycles. The lowest BCUT2D eigenvalue weighted by atomic mass is 10.1. The molecule has 1 aliphatic rings. The second-order valence-electron chi connectivity index (χ2n) is 6.98. The van der Waals surface area contributed by atoms with Gasteiger partial charge in [-0.1, -0.05) is 41.1 Å². The Morgan fingerprint density at radius 3 is 2.28 bits per heavy atom. The number of hydrogen-bond donors (Lipinski definition) is 1. The van der Waals surface area contributed by atoms with Crippen molar-refractivity contribution in [1.29, 1.82) is 0 Å². The second-order valence-corrected chi connectivity index (χ2v) is 6.98. The normalized spacial score (nSPS) is 13.9. The van der Waals surface area contributed by atoms with Crippen LogP contribution in [0.4, 0.5) is 5.82 Å². The fourth-order valence-electron chi connectivity index (χ4n) is 3.43. The highest BCUT2D eigenvalue weighted by Gasteiger charge is 2.28. The van der Waals surface area contributed by atoms with Crippen LogP contribution in [0.15, 0.2) is 79.0 Å². The molecule has 2 heterocycles. The third-order valence-corrected chi connectivity index (χ3v) is 5.06. The van der Waals surface area contributed by atoms with Crippen molar-refractivity contribution in [3.05, 3.63) is 90.1 Å². The molecule has 1 saturated heterocycles. The zero-order chi connectivity index (χ0) is 20.1.